The third-order valence-corrected chi connectivity index (χ3v) is 10.7. The van der Waals surface area contributed by atoms with E-state index in [0.29, 0.717) is 29.7 Å². The molecular weight excluding hydrogens is 438 g/mol. The first kappa shape index (κ1) is 24.7. The number of aliphatic hydroxyl groups is 1. The average Bonchev–Trinajstić information content (AvgIpc) is 3.21. The largest absolute Gasteiger partial charge is 0.387 e. The van der Waals surface area contributed by atoms with Crippen molar-refractivity contribution in [3.63, 3.8) is 0 Å². The van der Waals surface area contributed by atoms with Gasteiger partial charge in [0.05, 0.1) is 17.8 Å². The number of pyridine rings is 1. The van der Waals surface area contributed by atoms with Crippen molar-refractivity contribution in [1.29, 1.82) is 5.26 Å². The molecule has 4 aliphatic carbocycles. The zero-order valence-corrected chi connectivity index (χ0v) is 21.5. The molecule has 1 aromatic heterocycles. The standard InChI is InChI=1S/C29H41N3O3/c1-18(32-27(33)20-4-6-21(15-30)31-16-20)25-8-9-26-24-7-5-19-14-29(34,17-35-3)13-11-22(19)23(24)10-12-28(25,26)2/h4,6,16,18-19,22-26,34H,5,7-14,17H2,1-3H3,(H,32,33)/t18-,19-,22+,23-,24-,25?,26+,28-,29-/m1/s1. The highest BCUT2D eigenvalue weighted by molar-refractivity contribution is 5.94. The van der Waals surface area contributed by atoms with Gasteiger partial charge in [-0.3, -0.25) is 4.79 Å². The number of fused-ring (bicyclic) bond motifs is 5. The van der Waals surface area contributed by atoms with E-state index in [1.807, 2.05) is 6.07 Å². The Kier molecular flexibility index (Phi) is 6.70. The molecule has 0 radical (unpaired) electrons. The summed E-state index contributed by atoms with van der Waals surface area (Å²) in [7, 11) is 1.70. The van der Waals surface area contributed by atoms with Gasteiger partial charge in [-0.2, -0.15) is 5.26 Å². The molecule has 2 N–H and O–H groups in total. The zero-order chi connectivity index (χ0) is 24.8. The molecule has 4 aliphatic rings. The summed E-state index contributed by atoms with van der Waals surface area (Å²) in [6.07, 6.45) is 11.9. The number of aromatic nitrogens is 1. The van der Waals surface area contributed by atoms with E-state index in [1.165, 1.54) is 44.7 Å². The molecule has 1 aromatic rings. The lowest BCUT2D eigenvalue weighted by molar-refractivity contribution is -0.125. The molecule has 0 saturated heterocycles. The number of nitriles is 1. The summed E-state index contributed by atoms with van der Waals surface area (Å²) in [5, 5.41) is 23.2. The van der Waals surface area contributed by atoms with E-state index in [9.17, 15) is 9.90 Å². The van der Waals surface area contributed by atoms with Crippen LogP contribution in [0.4, 0.5) is 0 Å². The minimum absolute atomic E-state index is 0.0958. The Morgan fingerprint density at radius 2 is 2.00 bits per heavy atom. The molecule has 35 heavy (non-hydrogen) atoms. The van der Waals surface area contributed by atoms with Crippen molar-refractivity contribution in [2.45, 2.75) is 83.3 Å². The molecule has 6 nitrogen and oxygen atoms in total. The van der Waals surface area contributed by atoms with Gasteiger partial charge in [0.2, 0.25) is 0 Å². The van der Waals surface area contributed by atoms with E-state index in [2.05, 4.69) is 24.1 Å². The van der Waals surface area contributed by atoms with Crippen molar-refractivity contribution in [2.24, 2.45) is 40.9 Å². The molecule has 5 rings (SSSR count). The quantitative estimate of drug-likeness (QED) is 0.637. The number of ether oxygens (including phenoxy) is 1. The van der Waals surface area contributed by atoms with Crippen LogP contribution in [-0.2, 0) is 4.74 Å². The Balaban J connectivity index is 1.25. The molecule has 6 heteroatoms. The van der Waals surface area contributed by atoms with Gasteiger partial charge < -0.3 is 15.2 Å². The second kappa shape index (κ2) is 9.48. The monoisotopic (exact) mass is 479 g/mol. The van der Waals surface area contributed by atoms with E-state index in [1.54, 1.807) is 19.2 Å². The predicted molar refractivity (Wildman–Crippen MR) is 133 cm³/mol. The van der Waals surface area contributed by atoms with Crippen LogP contribution in [0, 0.1) is 52.3 Å². The van der Waals surface area contributed by atoms with Gasteiger partial charge in [0.25, 0.3) is 5.91 Å². The Bertz CT molecular complexity index is 974. The van der Waals surface area contributed by atoms with E-state index in [0.717, 1.165) is 42.9 Å². The maximum atomic E-state index is 12.9. The van der Waals surface area contributed by atoms with Crippen molar-refractivity contribution in [3.8, 4) is 6.07 Å². The molecular formula is C29H41N3O3. The highest BCUT2D eigenvalue weighted by atomic mass is 16.5. The SMILES string of the molecule is COC[C@@]1(O)CC[C@H]2[C@H](CC[C@@H]3[C@@H]2CC[C@]2(C)C([C@@H](C)NC(=O)c4ccc(C#N)nc4)CC[C@@H]32)C1. The second-order valence-electron chi connectivity index (χ2n) is 12.4. The van der Waals surface area contributed by atoms with Crippen LogP contribution in [0.5, 0.6) is 0 Å². The maximum Gasteiger partial charge on any atom is 0.253 e. The number of rotatable bonds is 5. The highest BCUT2D eigenvalue weighted by Gasteiger charge is 2.58. The summed E-state index contributed by atoms with van der Waals surface area (Å²) in [4.78, 5) is 17.0. The van der Waals surface area contributed by atoms with Crippen LogP contribution in [0.15, 0.2) is 18.3 Å². The molecule has 0 aromatic carbocycles. The first-order valence-corrected chi connectivity index (χ1v) is 13.7. The molecule has 190 valence electrons. The van der Waals surface area contributed by atoms with Gasteiger partial charge in [-0.25, -0.2) is 4.98 Å². The smallest absolute Gasteiger partial charge is 0.253 e. The van der Waals surface area contributed by atoms with Crippen molar-refractivity contribution < 1.29 is 14.6 Å². The fourth-order valence-electron chi connectivity index (χ4n) is 9.21. The van der Waals surface area contributed by atoms with Gasteiger partial charge in [-0.15, -0.1) is 0 Å². The van der Waals surface area contributed by atoms with Crippen molar-refractivity contribution in [1.82, 2.24) is 10.3 Å². The second-order valence-corrected chi connectivity index (χ2v) is 12.4. The predicted octanol–water partition coefficient (Wildman–Crippen LogP) is 4.72. The van der Waals surface area contributed by atoms with Gasteiger partial charge >= 0.3 is 0 Å². The van der Waals surface area contributed by atoms with Crippen LogP contribution in [0.3, 0.4) is 0 Å². The lowest BCUT2D eigenvalue weighted by atomic mass is 9.48. The number of carbonyl (C=O) groups excluding carboxylic acids is 1. The number of amides is 1. The van der Waals surface area contributed by atoms with Crippen molar-refractivity contribution in [3.05, 3.63) is 29.6 Å². The van der Waals surface area contributed by atoms with E-state index in [-0.39, 0.29) is 17.4 Å². The molecule has 1 heterocycles. The summed E-state index contributed by atoms with van der Waals surface area (Å²) in [5.74, 6) is 4.12. The van der Waals surface area contributed by atoms with Crippen LogP contribution >= 0.6 is 0 Å². The zero-order valence-electron chi connectivity index (χ0n) is 21.5. The third kappa shape index (κ3) is 4.40. The number of methoxy groups -OCH3 is 1. The maximum absolute atomic E-state index is 12.9. The van der Waals surface area contributed by atoms with Crippen LogP contribution in [0.25, 0.3) is 0 Å². The van der Waals surface area contributed by atoms with Gasteiger partial charge in [0, 0.05) is 19.3 Å². The molecule has 4 fully saturated rings. The normalized spacial score (nSPS) is 41.1. The van der Waals surface area contributed by atoms with Gasteiger partial charge in [-0.1, -0.05) is 6.92 Å². The number of hydrogen-bond donors (Lipinski definition) is 2. The molecule has 9 atom stereocenters. The lowest BCUT2D eigenvalue weighted by Gasteiger charge is -2.57. The van der Waals surface area contributed by atoms with Crippen LogP contribution in [0.2, 0.25) is 0 Å². The van der Waals surface area contributed by atoms with Gasteiger partial charge in [0.15, 0.2) is 0 Å². The summed E-state index contributed by atoms with van der Waals surface area (Å²) < 4.78 is 5.34. The highest BCUT2D eigenvalue weighted by Crippen LogP contribution is 2.65. The van der Waals surface area contributed by atoms with Crippen LogP contribution in [0.1, 0.15) is 87.7 Å². The summed E-state index contributed by atoms with van der Waals surface area (Å²) in [5.41, 5.74) is 0.495. The number of hydrogen-bond acceptors (Lipinski definition) is 5. The minimum Gasteiger partial charge on any atom is -0.387 e. The lowest BCUT2D eigenvalue weighted by Crippen LogP contribution is -2.53. The third-order valence-electron chi connectivity index (χ3n) is 10.7. The Morgan fingerprint density at radius 3 is 2.71 bits per heavy atom. The molecule has 0 bridgehead atoms. The van der Waals surface area contributed by atoms with Gasteiger partial charge in [0.1, 0.15) is 11.8 Å². The van der Waals surface area contributed by atoms with Crippen LogP contribution < -0.4 is 5.32 Å². The fraction of sp³-hybridized carbons (Fsp3) is 0.759. The molecule has 1 amide bonds. The summed E-state index contributed by atoms with van der Waals surface area (Å²) >= 11 is 0. The first-order chi connectivity index (χ1) is 16.8. The minimum atomic E-state index is -0.623. The topological polar surface area (TPSA) is 95.2 Å². The fourth-order valence-corrected chi connectivity index (χ4v) is 9.21. The summed E-state index contributed by atoms with van der Waals surface area (Å²) in [6.45, 7) is 5.14. The average molecular weight is 480 g/mol. The molecule has 0 spiro atoms. The van der Waals surface area contributed by atoms with Crippen molar-refractivity contribution in [2.75, 3.05) is 13.7 Å². The number of carbonyl (C=O) groups is 1. The van der Waals surface area contributed by atoms with E-state index < -0.39 is 5.60 Å². The molecule has 4 saturated carbocycles. The Morgan fingerprint density at radius 1 is 1.20 bits per heavy atom. The summed E-state index contributed by atoms with van der Waals surface area (Å²) in [6, 6.07) is 5.41. The first-order valence-electron chi connectivity index (χ1n) is 13.7. The van der Waals surface area contributed by atoms with E-state index >= 15 is 0 Å². The van der Waals surface area contributed by atoms with E-state index in [4.69, 9.17) is 10.00 Å². The van der Waals surface area contributed by atoms with Crippen molar-refractivity contribution >= 4 is 5.91 Å². The number of nitrogens with zero attached hydrogens (tertiary/aromatic N) is 2. The van der Waals surface area contributed by atoms with Gasteiger partial charge in [-0.05, 0) is 118 Å². The number of nitrogens with one attached hydrogen (secondary N) is 1. The molecule has 1 unspecified atom stereocenters. The molecule has 0 aliphatic heterocycles. The van der Waals surface area contributed by atoms with Crippen LogP contribution in [-0.4, -0.2) is 41.4 Å². The Hall–Kier alpha value is -1.97. The Labute approximate surface area is 209 Å².